The lowest BCUT2D eigenvalue weighted by Gasteiger charge is -2.50. The first-order valence-corrected chi connectivity index (χ1v) is 23.6. The average molecular weight is 846 g/mol. The molecule has 0 fully saturated rings. The lowest BCUT2D eigenvalue weighted by Crippen LogP contribution is -2.62. The smallest absolute Gasteiger partial charge is 0.333 e. The Morgan fingerprint density at radius 3 is 1.62 bits per heavy atom. The lowest BCUT2D eigenvalue weighted by molar-refractivity contribution is 0.590. The van der Waals surface area contributed by atoms with Gasteiger partial charge >= 0.3 is 6.85 Å². The van der Waals surface area contributed by atoms with Gasteiger partial charge in [-0.2, -0.15) is 0 Å². The third-order valence-corrected chi connectivity index (χ3v) is 14.7. The molecular weight excluding hydrogens is 786 g/mol. The summed E-state index contributed by atoms with van der Waals surface area (Å²) < 4.78 is 0. The maximum Gasteiger partial charge on any atom is 0.333 e. The van der Waals surface area contributed by atoms with Crippen molar-refractivity contribution in [1.82, 2.24) is 0 Å². The molecule has 3 heterocycles. The number of benzene rings is 8. The van der Waals surface area contributed by atoms with Crippen LogP contribution in [0, 0.1) is 0 Å². The predicted octanol–water partition coefficient (Wildman–Crippen LogP) is 15.5. The summed E-state index contributed by atoms with van der Waals surface area (Å²) in [6.07, 6.45) is 0. The third kappa shape index (κ3) is 6.38. The van der Waals surface area contributed by atoms with Crippen molar-refractivity contribution in [3.8, 4) is 11.1 Å². The minimum absolute atomic E-state index is 0.0361. The number of hydrogen-bond donors (Lipinski definition) is 0. The molecule has 8 aromatic rings. The number of para-hydroxylation sites is 2. The van der Waals surface area contributed by atoms with Gasteiger partial charge in [0.2, 0.25) is 0 Å². The van der Waals surface area contributed by atoms with E-state index in [1.54, 1.807) is 0 Å². The largest absolute Gasteiger partial charge is 0.376 e. The summed E-state index contributed by atoms with van der Waals surface area (Å²) >= 11 is 0. The Labute approximate surface area is 387 Å². The highest BCUT2D eigenvalue weighted by Gasteiger charge is 2.50. The molecule has 3 nitrogen and oxygen atoms in total. The van der Waals surface area contributed by atoms with Crippen molar-refractivity contribution < 1.29 is 0 Å². The van der Waals surface area contributed by atoms with Gasteiger partial charge in [-0.25, -0.2) is 0 Å². The first-order chi connectivity index (χ1) is 30.9. The van der Waals surface area contributed by atoms with Crippen molar-refractivity contribution in [3.63, 3.8) is 0 Å². The molecular formula is C61H60BN3. The van der Waals surface area contributed by atoms with Crippen LogP contribution in [0.2, 0.25) is 0 Å². The van der Waals surface area contributed by atoms with Gasteiger partial charge in [0, 0.05) is 50.5 Å². The number of fused-ring (bicyclic) bond motifs is 8. The van der Waals surface area contributed by atoms with Crippen LogP contribution in [-0.2, 0) is 21.7 Å². The summed E-state index contributed by atoms with van der Waals surface area (Å²) in [5.74, 6) is 0. The number of rotatable bonds is 4. The second kappa shape index (κ2) is 14.2. The van der Waals surface area contributed by atoms with Gasteiger partial charge in [-0.15, -0.1) is 0 Å². The summed E-state index contributed by atoms with van der Waals surface area (Å²) in [6.45, 7) is 25.4. The number of nitrogens with zero attached hydrogens (tertiary/aromatic N) is 3. The van der Waals surface area contributed by atoms with Gasteiger partial charge < -0.3 is 14.6 Å². The Morgan fingerprint density at radius 1 is 0.462 bits per heavy atom. The fraction of sp³-hybridized carbons (Fsp3) is 0.246. The molecule has 0 aliphatic carbocycles. The van der Waals surface area contributed by atoms with E-state index in [4.69, 9.17) is 0 Å². The summed E-state index contributed by atoms with van der Waals surface area (Å²) in [6, 6.07) is 62.8. The van der Waals surface area contributed by atoms with Gasteiger partial charge in [0.25, 0.3) is 0 Å². The first-order valence-electron chi connectivity index (χ1n) is 23.6. The lowest BCUT2D eigenvalue weighted by atomic mass is 9.42. The second-order valence-corrected chi connectivity index (χ2v) is 22.3. The number of anilines is 8. The maximum atomic E-state index is 2.66. The highest BCUT2D eigenvalue weighted by atomic mass is 15.2. The minimum atomic E-state index is -0.191. The van der Waals surface area contributed by atoms with Crippen LogP contribution in [0.3, 0.4) is 0 Å². The van der Waals surface area contributed by atoms with Crippen LogP contribution in [0.1, 0.15) is 104 Å². The molecule has 0 aromatic heterocycles. The zero-order valence-electron chi connectivity index (χ0n) is 40.0. The second-order valence-electron chi connectivity index (χ2n) is 22.3. The topological polar surface area (TPSA) is 9.72 Å². The van der Waals surface area contributed by atoms with Crippen molar-refractivity contribution in [2.45, 2.75) is 97.8 Å². The van der Waals surface area contributed by atoms with Crippen molar-refractivity contribution >= 4 is 74.0 Å². The molecule has 65 heavy (non-hydrogen) atoms. The summed E-state index contributed by atoms with van der Waals surface area (Å²) in [4.78, 5) is 7.75. The molecule has 0 saturated carbocycles. The highest BCUT2D eigenvalue weighted by molar-refractivity contribution is 6.94. The summed E-state index contributed by atoms with van der Waals surface area (Å²) in [5.41, 5.74) is 21.5. The molecule has 4 heteroatoms. The molecule has 0 radical (unpaired) electrons. The van der Waals surface area contributed by atoms with E-state index in [9.17, 15) is 0 Å². The molecule has 11 rings (SSSR count). The van der Waals surface area contributed by atoms with Crippen LogP contribution in [0.5, 0.6) is 0 Å². The summed E-state index contributed by atoms with van der Waals surface area (Å²) in [5, 5.41) is 2.52. The molecule has 3 aliphatic rings. The van der Waals surface area contributed by atoms with Gasteiger partial charge in [-0.1, -0.05) is 173 Å². The van der Waals surface area contributed by atoms with Gasteiger partial charge in [-0.05, 0) is 133 Å². The molecule has 0 N–H and O–H groups in total. The van der Waals surface area contributed by atoms with Crippen molar-refractivity contribution in [2.75, 3.05) is 14.6 Å². The standard InChI is InChI=1S/C61H60BN3/c1-58(2,3)40-23-29-43(30-24-40)63(44-31-25-41(26-32-44)59(4,5)6)46-35-36-53-48(38-46)49-37-39-17-12-13-18-47(39)56-55(49)62(65(53)45-33-27-42(28-34-45)60(7,8)9)52-21-16-20-51-57(52)64(56)54-22-15-14-19-50(54)61(51,10)11/h12-38H,1-11H3. The van der Waals surface area contributed by atoms with Crippen LogP contribution >= 0.6 is 0 Å². The molecule has 0 amide bonds. The molecule has 3 aliphatic heterocycles. The molecule has 0 unspecified atom stereocenters. The fourth-order valence-corrected chi connectivity index (χ4v) is 11.0. The van der Waals surface area contributed by atoms with Crippen LogP contribution in [0.4, 0.5) is 45.5 Å². The Hall–Kier alpha value is -6.52. The van der Waals surface area contributed by atoms with E-state index in [1.165, 1.54) is 89.1 Å². The first kappa shape index (κ1) is 41.2. The third-order valence-electron chi connectivity index (χ3n) is 14.7. The van der Waals surface area contributed by atoms with E-state index in [0.29, 0.717) is 0 Å². The predicted molar refractivity (Wildman–Crippen MR) is 281 cm³/mol. The summed E-state index contributed by atoms with van der Waals surface area (Å²) in [7, 11) is 0. The fourth-order valence-electron chi connectivity index (χ4n) is 11.0. The van der Waals surface area contributed by atoms with E-state index in [1.807, 2.05) is 0 Å². The van der Waals surface area contributed by atoms with Gasteiger partial charge in [0.05, 0.1) is 11.4 Å². The van der Waals surface area contributed by atoms with Crippen molar-refractivity contribution in [1.29, 1.82) is 0 Å². The SMILES string of the molecule is CC(C)(C)c1ccc(N2B3c4cccc5c4N(c4ccccc4C5(C)C)c4c3c(cc3ccccc43)-c3cc(N(c4ccc(C(C)(C)C)cc4)c4ccc(C(C)(C)C)cc4)ccc32)cc1. The van der Waals surface area contributed by atoms with E-state index < -0.39 is 0 Å². The van der Waals surface area contributed by atoms with Gasteiger partial charge in [-0.3, -0.25) is 0 Å². The quantitative estimate of drug-likeness (QED) is 0.163. The number of hydrogen-bond acceptors (Lipinski definition) is 3. The van der Waals surface area contributed by atoms with Crippen LogP contribution in [0.15, 0.2) is 164 Å². The molecule has 322 valence electrons. The molecule has 0 saturated heterocycles. The van der Waals surface area contributed by atoms with E-state index >= 15 is 0 Å². The highest BCUT2D eigenvalue weighted by Crippen LogP contribution is 2.56. The van der Waals surface area contributed by atoms with Crippen LogP contribution in [-0.4, -0.2) is 6.85 Å². The Balaban J connectivity index is 1.22. The van der Waals surface area contributed by atoms with Gasteiger partial charge in [0.15, 0.2) is 0 Å². The maximum absolute atomic E-state index is 2.66. The van der Waals surface area contributed by atoms with Crippen LogP contribution < -0.4 is 25.5 Å². The Bertz CT molecular complexity index is 3120. The monoisotopic (exact) mass is 845 g/mol. The Morgan fingerprint density at radius 2 is 1.00 bits per heavy atom. The molecule has 0 bridgehead atoms. The molecule has 0 spiro atoms. The zero-order chi connectivity index (χ0) is 45.4. The van der Waals surface area contributed by atoms with Crippen molar-refractivity contribution in [2.24, 2.45) is 0 Å². The zero-order valence-corrected chi connectivity index (χ0v) is 40.0. The Kier molecular flexibility index (Phi) is 9.03. The normalized spacial score (nSPS) is 14.7. The minimum Gasteiger partial charge on any atom is -0.376 e. The molecule has 8 aromatic carbocycles. The average Bonchev–Trinajstić information content (AvgIpc) is 3.28. The van der Waals surface area contributed by atoms with Crippen LogP contribution in [0.25, 0.3) is 21.9 Å². The van der Waals surface area contributed by atoms with Gasteiger partial charge in [0.1, 0.15) is 0 Å². The van der Waals surface area contributed by atoms with E-state index in [2.05, 4.69) is 255 Å². The van der Waals surface area contributed by atoms with E-state index in [0.717, 1.165) is 17.1 Å². The van der Waals surface area contributed by atoms with Crippen molar-refractivity contribution in [3.05, 3.63) is 192 Å². The van der Waals surface area contributed by atoms with E-state index in [-0.39, 0.29) is 28.5 Å². The molecule has 0 atom stereocenters.